The zero-order valence-corrected chi connectivity index (χ0v) is 15.4. The lowest BCUT2D eigenvalue weighted by Crippen LogP contribution is -2.27. The fourth-order valence-corrected chi connectivity index (χ4v) is 3.18. The molecule has 4 aromatic rings. The molecule has 1 amide bonds. The fourth-order valence-electron chi connectivity index (χ4n) is 3.18. The molecule has 5 rings (SSSR count). The Balaban J connectivity index is 1.27. The summed E-state index contributed by atoms with van der Waals surface area (Å²) in [6, 6.07) is 9.68. The number of amides is 1. The third-order valence-electron chi connectivity index (χ3n) is 4.85. The summed E-state index contributed by atoms with van der Waals surface area (Å²) in [5.74, 6) is 1.38. The van der Waals surface area contributed by atoms with Crippen molar-refractivity contribution >= 4 is 16.9 Å². The van der Waals surface area contributed by atoms with Crippen molar-refractivity contribution in [2.24, 2.45) is 0 Å². The van der Waals surface area contributed by atoms with Crippen LogP contribution in [0, 0.1) is 0 Å². The molecule has 1 aromatic carbocycles. The van der Waals surface area contributed by atoms with E-state index in [0.717, 1.165) is 29.6 Å². The molecule has 0 unspecified atom stereocenters. The molecule has 3 heterocycles. The highest BCUT2D eigenvalue weighted by atomic mass is 16.5. The highest BCUT2D eigenvalue weighted by Gasteiger charge is 2.30. The van der Waals surface area contributed by atoms with Crippen LogP contribution in [0.1, 0.15) is 46.7 Å². The third-order valence-corrected chi connectivity index (χ3v) is 4.85. The number of nitrogens with zero attached hydrogens (tertiary/aromatic N) is 6. The first-order valence-electron chi connectivity index (χ1n) is 9.19. The van der Waals surface area contributed by atoms with Crippen LogP contribution in [0.15, 0.2) is 41.2 Å². The standard InChI is InChI=1S/C19H19N7O2/c1-25(10-17-21-18(28-24-17)12-6-7-12)19(27)15-8-13(22-23-15)9-26-11-20-14-4-2-3-5-16(14)26/h2-5,8,11-12H,6-7,9-10H2,1H3,(H,22,23). The number of imidazole rings is 1. The molecule has 0 spiro atoms. The van der Waals surface area contributed by atoms with Gasteiger partial charge in [0, 0.05) is 13.0 Å². The molecule has 28 heavy (non-hydrogen) atoms. The van der Waals surface area contributed by atoms with Crippen molar-refractivity contribution in [3.63, 3.8) is 0 Å². The molecule has 1 aliphatic carbocycles. The topological polar surface area (TPSA) is 106 Å². The second-order valence-electron chi connectivity index (χ2n) is 7.12. The molecule has 1 saturated carbocycles. The van der Waals surface area contributed by atoms with Crippen LogP contribution in [0.5, 0.6) is 0 Å². The zero-order valence-electron chi connectivity index (χ0n) is 15.4. The molecule has 0 radical (unpaired) electrons. The molecule has 0 bridgehead atoms. The van der Waals surface area contributed by atoms with E-state index in [1.807, 2.05) is 28.8 Å². The minimum atomic E-state index is -0.198. The molecular formula is C19H19N7O2. The number of rotatable bonds is 6. The highest BCUT2D eigenvalue weighted by Crippen LogP contribution is 2.38. The van der Waals surface area contributed by atoms with E-state index >= 15 is 0 Å². The number of benzene rings is 1. The van der Waals surface area contributed by atoms with Crippen LogP contribution in [0.2, 0.25) is 0 Å². The van der Waals surface area contributed by atoms with Crippen molar-refractivity contribution in [1.29, 1.82) is 0 Å². The molecule has 142 valence electrons. The second-order valence-corrected chi connectivity index (χ2v) is 7.12. The number of H-pyrrole nitrogens is 1. The van der Waals surface area contributed by atoms with Gasteiger partial charge in [0.2, 0.25) is 5.89 Å². The van der Waals surface area contributed by atoms with Crippen LogP contribution in [0.4, 0.5) is 0 Å². The third kappa shape index (κ3) is 3.15. The minimum Gasteiger partial charge on any atom is -0.339 e. The van der Waals surface area contributed by atoms with Crippen LogP contribution in [-0.2, 0) is 13.1 Å². The number of aromatic amines is 1. The predicted molar refractivity (Wildman–Crippen MR) is 99.5 cm³/mol. The van der Waals surface area contributed by atoms with Gasteiger partial charge >= 0.3 is 0 Å². The lowest BCUT2D eigenvalue weighted by molar-refractivity contribution is 0.0774. The summed E-state index contributed by atoms with van der Waals surface area (Å²) in [6.45, 7) is 0.837. The lowest BCUT2D eigenvalue weighted by Gasteiger charge is -2.12. The van der Waals surface area contributed by atoms with Gasteiger partial charge in [-0.15, -0.1) is 0 Å². The van der Waals surface area contributed by atoms with Gasteiger partial charge in [-0.05, 0) is 31.0 Å². The largest absolute Gasteiger partial charge is 0.339 e. The number of hydrogen-bond acceptors (Lipinski definition) is 6. The predicted octanol–water partition coefficient (Wildman–Crippen LogP) is 2.34. The summed E-state index contributed by atoms with van der Waals surface area (Å²) in [6.07, 6.45) is 3.98. The van der Waals surface area contributed by atoms with E-state index in [4.69, 9.17) is 4.52 Å². The number of hydrogen-bond donors (Lipinski definition) is 1. The summed E-state index contributed by atoms with van der Waals surface area (Å²) in [5, 5.41) is 11.1. The lowest BCUT2D eigenvalue weighted by atomic mass is 10.3. The molecule has 0 atom stereocenters. The number of fused-ring (bicyclic) bond motifs is 1. The summed E-state index contributed by atoms with van der Waals surface area (Å²) in [5.41, 5.74) is 3.15. The Morgan fingerprint density at radius 3 is 3.07 bits per heavy atom. The molecule has 3 aromatic heterocycles. The number of carbonyl (C=O) groups is 1. The average molecular weight is 377 g/mol. The number of nitrogens with one attached hydrogen (secondary N) is 1. The van der Waals surface area contributed by atoms with E-state index in [1.54, 1.807) is 19.4 Å². The summed E-state index contributed by atoms with van der Waals surface area (Å²) in [4.78, 5) is 22.9. The number of aromatic nitrogens is 6. The van der Waals surface area contributed by atoms with E-state index in [1.165, 1.54) is 4.90 Å². The first-order valence-corrected chi connectivity index (χ1v) is 9.19. The van der Waals surface area contributed by atoms with E-state index < -0.39 is 0 Å². The van der Waals surface area contributed by atoms with Crippen LogP contribution in [0.25, 0.3) is 11.0 Å². The highest BCUT2D eigenvalue weighted by molar-refractivity contribution is 5.92. The van der Waals surface area contributed by atoms with Crippen molar-refractivity contribution in [3.8, 4) is 0 Å². The van der Waals surface area contributed by atoms with Crippen molar-refractivity contribution in [3.05, 3.63) is 59.8 Å². The Bertz CT molecular complexity index is 1140. The fraction of sp³-hybridized carbons (Fsp3) is 0.316. The van der Waals surface area contributed by atoms with Crippen molar-refractivity contribution in [1.82, 2.24) is 34.8 Å². The van der Waals surface area contributed by atoms with Gasteiger partial charge in [0.1, 0.15) is 5.69 Å². The van der Waals surface area contributed by atoms with Crippen molar-refractivity contribution in [2.75, 3.05) is 7.05 Å². The molecule has 9 heteroatoms. The first-order chi connectivity index (χ1) is 13.7. The molecule has 0 saturated heterocycles. The Labute approximate surface area is 160 Å². The van der Waals surface area contributed by atoms with Gasteiger partial charge in [-0.25, -0.2) is 4.98 Å². The average Bonchev–Trinajstić information content (AvgIpc) is 3.11. The van der Waals surface area contributed by atoms with Crippen molar-refractivity contribution in [2.45, 2.75) is 31.8 Å². The SMILES string of the molecule is CN(Cc1noc(C2CC2)n1)C(=O)c1cc(Cn2cnc3ccccc32)[nH]n1. The Morgan fingerprint density at radius 2 is 2.21 bits per heavy atom. The van der Waals surface area contributed by atoms with Gasteiger partial charge in [0.25, 0.3) is 5.91 Å². The quantitative estimate of drug-likeness (QED) is 0.553. The summed E-state index contributed by atoms with van der Waals surface area (Å²) >= 11 is 0. The number of para-hydroxylation sites is 2. The molecular weight excluding hydrogens is 358 g/mol. The van der Waals surface area contributed by atoms with Crippen LogP contribution in [0.3, 0.4) is 0 Å². The van der Waals surface area contributed by atoms with Crippen LogP contribution < -0.4 is 0 Å². The molecule has 1 aliphatic rings. The van der Waals surface area contributed by atoms with Gasteiger partial charge in [0.05, 0.1) is 36.1 Å². The molecule has 1 fully saturated rings. The normalized spacial score (nSPS) is 13.9. The van der Waals surface area contributed by atoms with E-state index in [0.29, 0.717) is 29.9 Å². The maximum atomic E-state index is 12.7. The van der Waals surface area contributed by atoms with Gasteiger partial charge in [-0.3, -0.25) is 9.89 Å². The van der Waals surface area contributed by atoms with Gasteiger partial charge in [-0.2, -0.15) is 10.1 Å². The second kappa shape index (κ2) is 6.59. The molecule has 1 N–H and O–H groups in total. The van der Waals surface area contributed by atoms with Crippen LogP contribution >= 0.6 is 0 Å². The molecule has 0 aliphatic heterocycles. The Kier molecular flexibility index (Phi) is 3.92. The maximum absolute atomic E-state index is 12.7. The van der Waals surface area contributed by atoms with E-state index in [9.17, 15) is 4.79 Å². The van der Waals surface area contributed by atoms with E-state index in [2.05, 4.69) is 25.3 Å². The smallest absolute Gasteiger partial charge is 0.274 e. The van der Waals surface area contributed by atoms with Crippen LogP contribution in [-0.4, -0.2) is 47.7 Å². The Hall–Kier alpha value is -3.49. The minimum absolute atomic E-state index is 0.198. The maximum Gasteiger partial charge on any atom is 0.274 e. The zero-order chi connectivity index (χ0) is 19.1. The van der Waals surface area contributed by atoms with Gasteiger partial charge in [0.15, 0.2) is 5.82 Å². The Morgan fingerprint density at radius 1 is 1.36 bits per heavy atom. The van der Waals surface area contributed by atoms with Crippen molar-refractivity contribution < 1.29 is 9.32 Å². The summed E-state index contributed by atoms with van der Waals surface area (Å²) in [7, 11) is 1.70. The summed E-state index contributed by atoms with van der Waals surface area (Å²) < 4.78 is 7.26. The monoisotopic (exact) mass is 377 g/mol. The van der Waals surface area contributed by atoms with E-state index in [-0.39, 0.29) is 12.5 Å². The first kappa shape index (κ1) is 16.7. The van der Waals surface area contributed by atoms with Gasteiger partial charge < -0.3 is 14.0 Å². The number of carbonyl (C=O) groups excluding carboxylic acids is 1. The van der Waals surface area contributed by atoms with Gasteiger partial charge in [-0.1, -0.05) is 17.3 Å². The molecule has 9 nitrogen and oxygen atoms in total.